The molecule has 2 aromatic carbocycles. The number of benzene rings is 2. The van der Waals surface area contributed by atoms with Gasteiger partial charge in [0.25, 0.3) is 0 Å². The average Bonchev–Trinajstić information content (AvgIpc) is 3.66. The van der Waals surface area contributed by atoms with E-state index in [1.165, 1.54) is 12.1 Å². The molecule has 7 nitrogen and oxygen atoms in total. The largest absolute Gasteiger partial charge is 0.439 e. The molecule has 42 heavy (non-hydrogen) atoms. The van der Waals surface area contributed by atoms with Crippen molar-refractivity contribution in [1.29, 1.82) is 5.26 Å². The van der Waals surface area contributed by atoms with Gasteiger partial charge in [-0.1, -0.05) is 41.6 Å². The number of para-hydroxylation sites is 1. The SMILES string of the molecule is Fc1ccc(Cl)c2oc(CCC#Cc3ccccn3)nc12.N#Cc1cccc2nc(CCC#Cc3ccccn3)oc12. The lowest BCUT2D eigenvalue weighted by Crippen LogP contribution is -1.84. The minimum atomic E-state index is -0.441. The number of halogens is 2. The Morgan fingerprint density at radius 1 is 0.738 bits per heavy atom. The van der Waals surface area contributed by atoms with Gasteiger partial charge in [0.05, 0.1) is 10.6 Å². The topological polar surface area (TPSA) is 102 Å². The monoisotopic (exact) mass is 573 g/mol. The number of oxazole rings is 2. The Morgan fingerprint density at radius 2 is 1.38 bits per heavy atom. The predicted molar refractivity (Wildman–Crippen MR) is 157 cm³/mol. The summed E-state index contributed by atoms with van der Waals surface area (Å²) in [5.74, 6) is 12.5. The minimum absolute atomic E-state index is 0.162. The maximum atomic E-state index is 13.6. The van der Waals surface area contributed by atoms with E-state index >= 15 is 0 Å². The average molecular weight is 574 g/mol. The van der Waals surface area contributed by atoms with E-state index in [2.05, 4.69) is 49.7 Å². The maximum Gasteiger partial charge on any atom is 0.196 e. The lowest BCUT2D eigenvalue weighted by molar-refractivity contribution is 0.531. The Balaban J connectivity index is 0.000000168. The third-order valence-corrected chi connectivity index (χ3v) is 6.06. The standard InChI is InChI=1S/C17H11N3O.C16H10ClFN2O/c18-12-13-6-5-9-15-17(13)21-16(20-15)10-2-1-7-14-8-3-4-11-19-14;17-12-8-9-13(18)15-16(12)21-14(20-15)7-2-1-5-11-6-3-4-10-19-11/h3-6,8-9,11H,2,10H2;3-4,6,8-10H,2,7H2. The van der Waals surface area contributed by atoms with Crippen molar-refractivity contribution in [3.8, 4) is 29.8 Å². The third kappa shape index (κ3) is 7.17. The minimum Gasteiger partial charge on any atom is -0.439 e. The molecule has 0 aliphatic heterocycles. The van der Waals surface area contributed by atoms with E-state index in [0.717, 1.165) is 5.69 Å². The third-order valence-electron chi connectivity index (χ3n) is 5.76. The van der Waals surface area contributed by atoms with Gasteiger partial charge in [0.2, 0.25) is 0 Å². The Labute approximate surface area is 246 Å². The van der Waals surface area contributed by atoms with Gasteiger partial charge in [0, 0.05) is 38.1 Å². The second kappa shape index (κ2) is 13.7. The first-order chi connectivity index (χ1) is 20.6. The molecule has 204 valence electrons. The van der Waals surface area contributed by atoms with Crippen molar-refractivity contribution in [2.75, 3.05) is 0 Å². The van der Waals surface area contributed by atoms with Gasteiger partial charge < -0.3 is 8.83 Å². The van der Waals surface area contributed by atoms with Crippen molar-refractivity contribution >= 4 is 33.8 Å². The highest BCUT2D eigenvalue weighted by atomic mass is 35.5. The first-order valence-electron chi connectivity index (χ1n) is 12.9. The molecule has 9 heteroatoms. The van der Waals surface area contributed by atoms with Gasteiger partial charge in [0.15, 0.2) is 28.8 Å². The fourth-order valence-corrected chi connectivity index (χ4v) is 4.00. The number of aromatic nitrogens is 4. The van der Waals surface area contributed by atoms with E-state index in [9.17, 15) is 4.39 Å². The van der Waals surface area contributed by atoms with Crippen LogP contribution in [0.5, 0.6) is 0 Å². The summed E-state index contributed by atoms with van der Waals surface area (Å²) in [6.45, 7) is 0. The van der Waals surface area contributed by atoms with Crippen LogP contribution in [-0.2, 0) is 12.8 Å². The molecule has 6 aromatic rings. The van der Waals surface area contributed by atoms with Crippen molar-refractivity contribution in [3.63, 3.8) is 0 Å². The number of hydrogen-bond acceptors (Lipinski definition) is 7. The molecule has 0 bridgehead atoms. The molecular weight excluding hydrogens is 553 g/mol. The summed E-state index contributed by atoms with van der Waals surface area (Å²) in [5.41, 5.74) is 3.67. The van der Waals surface area contributed by atoms with Gasteiger partial charge in [-0.15, -0.1) is 0 Å². The lowest BCUT2D eigenvalue weighted by atomic mass is 10.2. The molecule has 4 heterocycles. The first-order valence-corrected chi connectivity index (χ1v) is 13.3. The summed E-state index contributed by atoms with van der Waals surface area (Å²) < 4.78 is 24.7. The highest BCUT2D eigenvalue weighted by Gasteiger charge is 2.13. The first kappa shape index (κ1) is 28.1. The van der Waals surface area contributed by atoms with Crippen molar-refractivity contribution in [3.05, 3.63) is 119 Å². The molecule has 0 N–H and O–H groups in total. The van der Waals surface area contributed by atoms with Crippen LogP contribution in [0.3, 0.4) is 0 Å². The van der Waals surface area contributed by atoms with Crippen molar-refractivity contribution < 1.29 is 13.2 Å². The zero-order valence-electron chi connectivity index (χ0n) is 22.1. The van der Waals surface area contributed by atoms with Crippen molar-refractivity contribution in [2.45, 2.75) is 25.7 Å². The van der Waals surface area contributed by atoms with Crippen LogP contribution in [0.2, 0.25) is 5.02 Å². The molecule has 0 unspecified atom stereocenters. The van der Waals surface area contributed by atoms with Crippen LogP contribution < -0.4 is 0 Å². The van der Waals surface area contributed by atoms with E-state index in [-0.39, 0.29) is 11.1 Å². The molecule has 4 aromatic heterocycles. The van der Waals surface area contributed by atoms with Gasteiger partial charge in [0.1, 0.15) is 28.5 Å². The van der Waals surface area contributed by atoms with Gasteiger partial charge >= 0.3 is 0 Å². The Bertz CT molecular complexity index is 1950. The number of rotatable bonds is 4. The van der Waals surface area contributed by atoms with Gasteiger partial charge in [-0.25, -0.2) is 24.3 Å². The van der Waals surface area contributed by atoms with Crippen LogP contribution in [0.25, 0.3) is 22.2 Å². The van der Waals surface area contributed by atoms with Gasteiger partial charge in [-0.3, -0.25) is 0 Å². The van der Waals surface area contributed by atoms with Crippen LogP contribution in [0, 0.1) is 40.8 Å². The zero-order chi connectivity index (χ0) is 29.1. The summed E-state index contributed by atoms with van der Waals surface area (Å²) in [4.78, 5) is 16.7. The lowest BCUT2D eigenvalue weighted by Gasteiger charge is -1.90. The summed E-state index contributed by atoms with van der Waals surface area (Å²) in [5, 5.41) is 9.37. The fraction of sp³-hybridized carbons (Fsp3) is 0.121. The van der Waals surface area contributed by atoms with Crippen LogP contribution in [0.4, 0.5) is 4.39 Å². The van der Waals surface area contributed by atoms with Crippen molar-refractivity contribution in [1.82, 2.24) is 19.9 Å². The molecular formula is C33H21ClFN5O2. The van der Waals surface area contributed by atoms with Gasteiger partial charge in [-0.05, 0) is 60.4 Å². The fourth-order valence-electron chi connectivity index (χ4n) is 3.80. The number of pyridine rings is 2. The van der Waals surface area contributed by atoms with Crippen molar-refractivity contribution in [2.24, 2.45) is 0 Å². The van der Waals surface area contributed by atoms with E-state index in [1.54, 1.807) is 24.5 Å². The van der Waals surface area contributed by atoms with E-state index in [4.69, 9.17) is 25.7 Å². The molecule has 0 atom stereocenters. The van der Waals surface area contributed by atoms with Crippen LogP contribution >= 0.6 is 11.6 Å². The zero-order valence-corrected chi connectivity index (χ0v) is 22.9. The number of nitriles is 1. The molecule has 0 aliphatic rings. The Hall–Kier alpha value is -5.49. The second-order valence-corrected chi connectivity index (χ2v) is 9.13. The smallest absolute Gasteiger partial charge is 0.196 e. The number of hydrogen-bond donors (Lipinski definition) is 0. The van der Waals surface area contributed by atoms with Gasteiger partial charge in [-0.2, -0.15) is 5.26 Å². The normalized spacial score (nSPS) is 10.1. The summed E-state index contributed by atoms with van der Waals surface area (Å²) >= 11 is 5.95. The molecule has 0 fully saturated rings. The molecule has 0 saturated heterocycles. The highest BCUT2D eigenvalue weighted by Crippen LogP contribution is 2.26. The second-order valence-electron chi connectivity index (χ2n) is 8.72. The summed E-state index contributed by atoms with van der Waals surface area (Å²) in [7, 11) is 0. The predicted octanol–water partition coefficient (Wildman–Crippen LogP) is 7.08. The molecule has 0 spiro atoms. The molecule has 6 rings (SSSR count). The molecule has 0 radical (unpaired) electrons. The molecule has 0 amide bonds. The van der Waals surface area contributed by atoms with Crippen LogP contribution in [0.1, 0.15) is 41.6 Å². The van der Waals surface area contributed by atoms with E-state index in [1.807, 2.05) is 42.5 Å². The van der Waals surface area contributed by atoms with Crippen LogP contribution in [-0.4, -0.2) is 19.9 Å². The molecule has 0 saturated carbocycles. The molecule has 0 aliphatic carbocycles. The highest BCUT2D eigenvalue weighted by molar-refractivity contribution is 6.34. The summed E-state index contributed by atoms with van der Waals surface area (Å²) in [6, 6.07) is 21.4. The summed E-state index contributed by atoms with van der Waals surface area (Å²) in [6.07, 6.45) is 5.68. The number of fused-ring (bicyclic) bond motifs is 2. The Morgan fingerprint density at radius 3 is 1.98 bits per heavy atom. The van der Waals surface area contributed by atoms with E-state index in [0.29, 0.717) is 64.8 Å². The van der Waals surface area contributed by atoms with E-state index < -0.39 is 5.82 Å². The maximum absolute atomic E-state index is 13.6. The number of nitrogens with zero attached hydrogens (tertiary/aromatic N) is 5. The quantitative estimate of drug-likeness (QED) is 0.208. The number of aryl methyl sites for hydroxylation is 2. The Kier molecular flexibility index (Phi) is 9.17. The van der Waals surface area contributed by atoms with Crippen LogP contribution in [0.15, 0.2) is 88.0 Å².